The fourth-order valence-electron chi connectivity index (χ4n) is 1.88. The van der Waals surface area contributed by atoms with E-state index in [-0.39, 0.29) is 12.1 Å². The van der Waals surface area contributed by atoms with Gasteiger partial charge in [-0.3, -0.25) is 4.98 Å². The summed E-state index contributed by atoms with van der Waals surface area (Å²) in [5, 5.41) is 3.30. The zero-order valence-electron chi connectivity index (χ0n) is 9.95. The quantitative estimate of drug-likeness (QED) is 0.804. The van der Waals surface area contributed by atoms with Crippen molar-refractivity contribution < 1.29 is 4.74 Å². The van der Waals surface area contributed by atoms with E-state index in [9.17, 15) is 0 Å². The number of hydrogen-bond donors (Lipinski definition) is 1. The van der Waals surface area contributed by atoms with Crippen molar-refractivity contribution in [1.82, 2.24) is 10.3 Å². The minimum atomic E-state index is 0.192. The van der Waals surface area contributed by atoms with Gasteiger partial charge in [0.1, 0.15) is 0 Å². The van der Waals surface area contributed by atoms with Gasteiger partial charge < -0.3 is 10.1 Å². The van der Waals surface area contributed by atoms with Crippen LogP contribution in [0.1, 0.15) is 30.5 Å². The molecule has 0 radical (unpaired) electrons. The van der Waals surface area contributed by atoms with Crippen LogP contribution in [0.4, 0.5) is 0 Å². The van der Waals surface area contributed by atoms with Crippen molar-refractivity contribution in [2.45, 2.75) is 32.4 Å². The Morgan fingerprint density at radius 3 is 2.73 bits per heavy atom. The molecule has 2 atom stereocenters. The molecule has 1 aromatic heterocycles. The third kappa shape index (κ3) is 2.76. The molecule has 0 aliphatic carbocycles. The Hall–Kier alpha value is -0.930. The second-order valence-electron chi connectivity index (χ2n) is 3.68. The number of aryl methyl sites for hydroxylation is 1. The number of methoxy groups -OCH3 is 1. The highest BCUT2D eigenvalue weighted by atomic mass is 16.5. The van der Waals surface area contributed by atoms with Crippen LogP contribution < -0.4 is 5.32 Å². The maximum absolute atomic E-state index is 5.47. The van der Waals surface area contributed by atoms with Gasteiger partial charge in [-0.25, -0.2) is 0 Å². The van der Waals surface area contributed by atoms with Crippen molar-refractivity contribution in [1.29, 1.82) is 0 Å². The molecule has 0 aliphatic heterocycles. The highest BCUT2D eigenvalue weighted by Crippen LogP contribution is 2.22. The topological polar surface area (TPSA) is 34.1 Å². The molecule has 0 bridgehead atoms. The first-order valence-electron chi connectivity index (χ1n) is 5.35. The van der Waals surface area contributed by atoms with Crippen molar-refractivity contribution in [3.05, 3.63) is 29.6 Å². The number of hydrogen-bond acceptors (Lipinski definition) is 3. The van der Waals surface area contributed by atoms with Crippen LogP contribution in [0.5, 0.6) is 0 Å². The molecule has 2 unspecified atom stereocenters. The maximum atomic E-state index is 5.47. The zero-order chi connectivity index (χ0) is 11.3. The number of aromatic nitrogens is 1. The summed E-state index contributed by atoms with van der Waals surface area (Å²) in [6.07, 6.45) is 4.91. The Bertz CT molecular complexity index is 297. The van der Waals surface area contributed by atoms with E-state index in [1.54, 1.807) is 7.11 Å². The van der Waals surface area contributed by atoms with Crippen LogP contribution in [-0.2, 0) is 4.74 Å². The molecule has 1 N–H and O–H groups in total. The maximum Gasteiger partial charge on any atom is 0.0763 e. The van der Waals surface area contributed by atoms with E-state index < -0.39 is 0 Å². The standard InChI is InChI=1S/C12H20N2O/c1-5-11(15-4)12(13-3)10-8-14-7-6-9(10)2/h6-8,11-13H,5H2,1-4H3. The number of likely N-dealkylation sites (N-methyl/N-ethyl adjacent to an activating group) is 1. The summed E-state index contributed by atoms with van der Waals surface area (Å²) in [5.74, 6) is 0. The van der Waals surface area contributed by atoms with Crippen molar-refractivity contribution in [3.8, 4) is 0 Å². The lowest BCUT2D eigenvalue weighted by atomic mass is 9.97. The number of rotatable bonds is 5. The predicted octanol–water partition coefficient (Wildman–Crippen LogP) is 2.08. The van der Waals surface area contributed by atoms with Gasteiger partial charge in [0.15, 0.2) is 0 Å². The van der Waals surface area contributed by atoms with Crippen LogP contribution in [0.15, 0.2) is 18.5 Å². The molecule has 0 saturated heterocycles. The van der Waals surface area contributed by atoms with E-state index in [4.69, 9.17) is 4.74 Å². The van der Waals surface area contributed by atoms with Crippen LogP contribution in [0.3, 0.4) is 0 Å². The Morgan fingerprint density at radius 2 is 2.27 bits per heavy atom. The highest BCUT2D eigenvalue weighted by molar-refractivity contribution is 5.26. The minimum Gasteiger partial charge on any atom is -0.379 e. The molecule has 0 aromatic carbocycles. The molecule has 0 aliphatic rings. The van der Waals surface area contributed by atoms with Gasteiger partial charge in [-0.15, -0.1) is 0 Å². The van der Waals surface area contributed by atoms with Crippen LogP contribution in [0, 0.1) is 6.92 Å². The number of ether oxygens (including phenoxy) is 1. The van der Waals surface area contributed by atoms with Crippen molar-refractivity contribution in [2.75, 3.05) is 14.2 Å². The number of nitrogens with one attached hydrogen (secondary N) is 1. The number of pyridine rings is 1. The Balaban J connectivity index is 2.96. The van der Waals surface area contributed by atoms with Gasteiger partial charge in [-0.1, -0.05) is 6.92 Å². The molecule has 3 nitrogen and oxygen atoms in total. The summed E-state index contributed by atoms with van der Waals surface area (Å²) >= 11 is 0. The fourth-order valence-corrected chi connectivity index (χ4v) is 1.88. The van der Waals surface area contributed by atoms with Gasteiger partial charge >= 0.3 is 0 Å². The molecular weight excluding hydrogens is 188 g/mol. The Kier molecular flexibility index (Phi) is 4.72. The molecule has 1 aromatic rings. The van der Waals surface area contributed by atoms with E-state index in [1.165, 1.54) is 11.1 Å². The van der Waals surface area contributed by atoms with Crippen LogP contribution in [0.2, 0.25) is 0 Å². The van der Waals surface area contributed by atoms with Gasteiger partial charge in [-0.2, -0.15) is 0 Å². The first kappa shape index (κ1) is 12.1. The second-order valence-corrected chi connectivity index (χ2v) is 3.68. The van der Waals surface area contributed by atoms with Gasteiger partial charge in [0.2, 0.25) is 0 Å². The monoisotopic (exact) mass is 208 g/mol. The molecule has 0 amide bonds. The molecule has 0 fully saturated rings. The third-order valence-electron chi connectivity index (χ3n) is 2.80. The van der Waals surface area contributed by atoms with Crippen LogP contribution in [-0.4, -0.2) is 25.2 Å². The van der Waals surface area contributed by atoms with E-state index in [0.29, 0.717) is 0 Å². The summed E-state index contributed by atoms with van der Waals surface area (Å²) in [7, 11) is 3.71. The molecule has 84 valence electrons. The molecule has 15 heavy (non-hydrogen) atoms. The largest absolute Gasteiger partial charge is 0.379 e. The van der Waals surface area contributed by atoms with Crippen LogP contribution >= 0.6 is 0 Å². The smallest absolute Gasteiger partial charge is 0.0763 e. The summed E-state index contributed by atoms with van der Waals surface area (Å²) < 4.78 is 5.47. The molecule has 0 saturated carbocycles. The van der Waals surface area contributed by atoms with Crippen molar-refractivity contribution >= 4 is 0 Å². The van der Waals surface area contributed by atoms with Gasteiger partial charge in [0, 0.05) is 19.5 Å². The normalized spacial score (nSPS) is 14.9. The van der Waals surface area contributed by atoms with E-state index in [2.05, 4.69) is 24.1 Å². The van der Waals surface area contributed by atoms with E-state index in [0.717, 1.165) is 6.42 Å². The highest BCUT2D eigenvalue weighted by Gasteiger charge is 2.21. The first-order valence-corrected chi connectivity index (χ1v) is 5.35. The molecule has 1 rings (SSSR count). The molecule has 1 heterocycles. The van der Waals surface area contributed by atoms with Gasteiger partial charge in [0.25, 0.3) is 0 Å². The lowest BCUT2D eigenvalue weighted by Gasteiger charge is -2.26. The summed E-state index contributed by atoms with van der Waals surface area (Å²) in [6.45, 7) is 4.23. The summed E-state index contributed by atoms with van der Waals surface area (Å²) in [6, 6.07) is 2.25. The average Bonchev–Trinajstić information content (AvgIpc) is 2.27. The fraction of sp³-hybridized carbons (Fsp3) is 0.583. The lowest BCUT2D eigenvalue weighted by Crippen LogP contribution is -2.31. The third-order valence-corrected chi connectivity index (χ3v) is 2.80. The second kappa shape index (κ2) is 5.83. The zero-order valence-corrected chi connectivity index (χ0v) is 9.95. The molecule has 3 heteroatoms. The van der Waals surface area contributed by atoms with Gasteiger partial charge in [0.05, 0.1) is 12.1 Å². The van der Waals surface area contributed by atoms with Crippen molar-refractivity contribution in [2.24, 2.45) is 0 Å². The van der Waals surface area contributed by atoms with Crippen LogP contribution in [0.25, 0.3) is 0 Å². The molecule has 0 spiro atoms. The summed E-state index contributed by atoms with van der Waals surface area (Å²) in [4.78, 5) is 4.17. The van der Waals surface area contributed by atoms with E-state index in [1.807, 2.05) is 25.5 Å². The Labute approximate surface area is 91.9 Å². The average molecular weight is 208 g/mol. The predicted molar refractivity (Wildman–Crippen MR) is 61.9 cm³/mol. The number of nitrogens with zero attached hydrogens (tertiary/aromatic N) is 1. The lowest BCUT2D eigenvalue weighted by molar-refractivity contribution is 0.0673. The van der Waals surface area contributed by atoms with Crippen molar-refractivity contribution in [3.63, 3.8) is 0 Å². The summed E-state index contributed by atoms with van der Waals surface area (Å²) in [5.41, 5.74) is 2.47. The Morgan fingerprint density at radius 1 is 1.53 bits per heavy atom. The van der Waals surface area contributed by atoms with E-state index >= 15 is 0 Å². The first-order chi connectivity index (χ1) is 7.24. The minimum absolute atomic E-state index is 0.192. The SMILES string of the molecule is CCC(OC)C(NC)c1cnccc1C. The van der Waals surface area contributed by atoms with Gasteiger partial charge in [-0.05, 0) is 37.6 Å². The molecular formula is C12H20N2O.